The zero-order valence-electron chi connectivity index (χ0n) is 9.90. The van der Waals surface area contributed by atoms with E-state index in [0.29, 0.717) is 17.4 Å². The molecule has 16 heavy (non-hydrogen) atoms. The van der Waals surface area contributed by atoms with Crippen molar-refractivity contribution in [1.82, 2.24) is 4.90 Å². The van der Waals surface area contributed by atoms with Crippen LogP contribution >= 0.6 is 11.6 Å². The van der Waals surface area contributed by atoms with E-state index < -0.39 is 6.10 Å². The zero-order valence-corrected chi connectivity index (χ0v) is 10.7. The van der Waals surface area contributed by atoms with Gasteiger partial charge in [0.25, 0.3) is 0 Å². The normalized spacial score (nSPS) is 12.9. The van der Waals surface area contributed by atoms with Gasteiger partial charge < -0.3 is 14.7 Å². The van der Waals surface area contributed by atoms with Gasteiger partial charge in [0.05, 0.1) is 11.1 Å². The number of nitrogens with zero attached hydrogens (tertiary/aromatic N) is 1. The summed E-state index contributed by atoms with van der Waals surface area (Å²) in [5, 5.41) is 9.92. The smallest absolute Gasteiger partial charge is 0.137 e. The maximum absolute atomic E-state index is 9.38. The molecule has 0 unspecified atom stereocenters. The summed E-state index contributed by atoms with van der Waals surface area (Å²) in [5.74, 6) is 0.660. The summed E-state index contributed by atoms with van der Waals surface area (Å²) in [7, 11) is 3.98. The first kappa shape index (κ1) is 13.3. The van der Waals surface area contributed by atoms with Crippen LogP contribution in [0.25, 0.3) is 0 Å². The highest BCUT2D eigenvalue weighted by Gasteiger charge is 2.06. The number of rotatable bonds is 5. The van der Waals surface area contributed by atoms with Gasteiger partial charge in [-0.1, -0.05) is 17.7 Å². The van der Waals surface area contributed by atoms with Crippen molar-refractivity contribution in [3.8, 4) is 5.75 Å². The Hall–Kier alpha value is -0.770. The molecule has 0 spiro atoms. The van der Waals surface area contributed by atoms with E-state index in [2.05, 4.69) is 0 Å². The summed E-state index contributed by atoms with van der Waals surface area (Å²) >= 11 is 6.04. The van der Waals surface area contributed by atoms with Crippen LogP contribution in [0.3, 0.4) is 0 Å². The Morgan fingerprint density at radius 1 is 1.44 bits per heavy atom. The van der Waals surface area contributed by atoms with Gasteiger partial charge in [0.1, 0.15) is 12.4 Å². The predicted molar refractivity (Wildman–Crippen MR) is 66.1 cm³/mol. The van der Waals surface area contributed by atoms with Crippen molar-refractivity contribution in [1.29, 1.82) is 0 Å². The molecule has 0 saturated heterocycles. The molecule has 1 N–H and O–H groups in total. The van der Waals surface area contributed by atoms with E-state index in [-0.39, 0.29) is 0 Å². The second-order valence-electron chi connectivity index (χ2n) is 4.02. The summed E-state index contributed by atoms with van der Waals surface area (Å²) in [5.41, 5.74) is 0.796. The predicted octanol–water partition coefficient (Wildman–Crippen LogP) is 2.33. The van der Waals surface area contributed by atoms with Crippen LogP contribution < -0.4 is 4.74 Å². The molecule has 0 aliphatic heterocycles. The highest BCUT2D eigenvalue weighted by molar-refractivity contribution is 6.32. The number of halogens is 1. The zero-order chi connectivity index (χ0) is 12.1. The van der Waals surface area contributed by atoms with Crippen LogP contribution in [0.1, 0.15) is 18.6 Å². The van der Waals surface area contributed by atoms with Crippen molar-refractivity contribution in [2.45, 2.75) is 13.0 Å². The number of benzene rings is 1. The molecule has 0 fully saturated rings. The fourth-order valence-electron chi connectivity index (χ4n) is 1.23. The third-order valence-corrected chi connectivity index (χ3v) is 2.53. The molecule has 90 valence electrons. The van der Waals surface area contributed by atoms with Crippen LogP contribution in [0.15, 0.2) is 18.2 Å². The number of aliphatic hydroxyl groups is 1. The van der Waals surface area contributed by atoms with E-state index in [9.17, 15) is 5.11 Å². The molecule has 0 radical (unpaired) electrons. The van der Waals surface area contributed by atoms with E-state index in [4.69, 9.17) is 16.3 Å². The minimum absolute atomic E-state index is 0.506. The summed E-state index contributed by atoms with van der Waals surface area (Å²) in [4.78, 5) is 2.04. The quantitative estimate of drug-likeness (QED) is 0.862. The Kier molecular flexibility index (Phi) is 5.06. The minimum atomic E-state index is -0.506. The van der Waals surface area contributed by atoms with Crippen molar-refractivity contribution in [2.75, 3.05) is 27.2 Å². The second kappa shape index (κ2) is 6.09. The van der Waals surface area contributed by atoms with Crippen LogP contribution in [-0.4, -0.2) is 37.3 Å². The number of hydrogen-bond acceptors (Lipinski definition) is 3. The van der Waals surface area contributed by atoms with Crippen LogP contribution in [0.2, 0.25) is 5.02 Å². The molecule has 0 aliphatic rings. The molecule has 1 aromatic rings. The Bertz CT molecular complexity index is 340. The number of aliphatic hydroxyl groups excluding tert-OH is 1. The molecule has 1 atom stereocenters. The van der Waals surface area contributed by atoms with Gasteiger partial charge in [-0.2, -0.15) is 0 Å². The van der Waals surface area contributed by atoms with Gasteiger partial charge in [0.15, 0.2) is 0 Å². The monoisotopic (exact) mass is 243 g/mol. The van der Waals surface area contributed by atoms with E-state index in [1.807, 2.05) is 25.1 Å². The fraction of sp³-hybridized carbons (Fsp3) is 0.500. The largest absolute Gasteiger partial charge is 0.491 e. The molecule has 0 amide bonds. The molecule has 0 heterocycles. The van der Waals surface area contributed by atoms with Crippen LogP contribution in [-0.2, 0) is 0 Å². The molecule has 3 nitrogen and oxygen atoms in total. The van der Waals surface area contributed by atoms with Crippen LogP contribution in [0.5, 0.6) is 5.75 Å². The van der Waals surface area contributed by atoms with Gasteiger partial charge in [-0.3, -0.25) is 0 Å². The van der Waals surface area contributed by atoms with E-state index in [1.54, 1.807) is 19.1 Å². The molecule has 0 saturated carbocycles. The van der Waals surface area contributed by atoms with E-state index in [0.717, 1.165) is 12.1 Å². The first-order valence-electron chi connectivity index (χ1n) is 5.25. The Balaban J connectivity index is 2.61. The summed E-state index contributed by atoms with van der Waals surface area (Å²) in [6.07, 6.45) is -0.506. The molecular weight excluding hydrogens is 226 g/mol. The highest BCUT2D eigenvalue weighted by atomic mass is 35.5. The van der Waals surface area contributed by atoms with Gasteiger partial charge >= 0.3 is 0 Å². The molecule has 1 rings (SSSR count). The van der Waals surface area contributed by atoms with Gasteiger partial charge in [0, 0.05) is 6.54 Å². The number of likely N-dealkylation sites (N-methyl/N-ethyl adjacent to an activating group) is 1. The molecule has 4 heteroatoms. The standard InChI is InChI=1S/C12H18ClNO2/c1-9(15)10-4-5-12(11(13)8-10)16-7-6-14(2)3/h4-5,8-9,15H,6-7H2,1-3H3/t9-/m0/s1. The average Bonchev–Trinajstić information content (AvgIpc) is 2.19. The van der Waals surface area contributed by atoms with Crippen molar-refractivity contribution in [3.05, 3.63) is 28.8 Å². The van der Waals surface area contributed by atoms with Crippen LogP contribution in [0.4, 0.5) is 0 Å². The number of hydrogen-bond donors (Lipinski definition) is 1. The third-order valence-electron chi connectivity index (χ3n) is 2.23. The second-order valence-corrected chi connectivity index (χ2v) is 4.42. The topological polar surface area (TPSA) is 32.7 Å². The highest BCUT2D eigenvalue weighted by Crippen LogP contribution is 2.27. The maximum Gasteiger partial charge on any atom is 0.137 e. The lowest BCUT2D eigenvalue weighted by Gasteiger charge is -2.13. The van der Waals surface area contributed by atoms with Crippen molar-refractivity contribution < 1.29 is 9.84 Å². The minimum Gasteiger partial charge on any atom is -0.491 e. The first-order valence-corrected chi connectivity index (χ1v) is 5.63. The third kappa shape index (κ3) is 4.00. The molecule has 0 aliphatic carbocycles. The van der Waals surface area contributed by atoms with E-state index in [1.165, 1.54) is 0 Å². The average molecular weight is 244 g/mol. The first-order chi connectivity index (χ1) is 7.50. The number of ether oxygens (including phenoxy) is 1. The lowest BCUT2D eigenvalue weighted by molar-refractivity contribution is 0.199. The Labute approximate surface area is 102 Å². The SMILES string of the molecule is C[C@H](O)c1ccc(OCCN(C)C)c(Cl)c1. The lowest BCUT2D eigenvalue weighted by Crippen LogP contribution is -2.19. The molecular formula is C12H18ClNO2. The summed E-state index contributed by atoms with van der Waals surface area (Å²) in [6, 6.07) is 5.35. The van der Waals surface area contributed by atoms with Gasteiger partial charge in [0.2, 0.25) is 0 Å². The van der Waals surface area contributed by atoms with Crippen molar-refractivity contribution >= 4 is 11.6 Å². The molecule has 0 bridgehead atoms. The summed E-state index contributed by atoms with van der Waals surface area (Å²) < 4.78 is 5.53. The Morgan fingerprint density at radius 2 is 2.12 bits per heavy atom. The van der Waals surface area contributed by atoms with E-state index >= 15 is 0 Å². The molecule has 0 aromatic heterocycles. The maximum atomic E-state index is 9.38. The fourth-order valence-corrected chi connectivity index (χ4v) is 1.48. The van der Waals surface area contributed by atoms with Gasteiger partial charge in [-0.25, -0.2) is 0 Å². The van der Waals surface area contributed by atoms with Crippen LogP contribution in [0, 0.1) is 0 Å². The lowest BCUT2D eigenvalue weighted by atomic mass is 10.1. The van der Waals surface area contributed by atoms with Gasteiger partial charge in [-0.05, 0) is 38.7 Å². The molecule has 1 aromatic carbocycles. The van der Waals surface area contributed by atoms with Crippen molar-refractivity contribution in [2.24, 2.45) is 0 Å². The van der Waals surface area contributed by atoms with Gasteiger partial charge in [-0.15, -0.1) is 0 Å². The summed E-state index contributed by atoms with van der Waals surface area (Å²) in [6.45, 7) is 3.15. The Morgan fingerprint density at radius 3 is 2.62 bits per heavy atom. The van der Waals surface area contributed by atoms with Crippen molar-refractivity contribution in [3.63, 3.8) is 0 Å².